The first-order valence-corrected chi connectivity index (χ1v) is 9.98. The fourth-order valence-electron chi connectivity index (χ4n) is 4.06. The van der Waals surface area contributed by atoms with E-state index >= 15 is 0 Å². The van der Waals surface area contributed by atoms with Crippen molar-refractivity contribution in [2.24, 2.45) is 0 Å². The molecule has 0 amide bonds. The molecule has 0 saturated heterocycles. The van der Waals surface area contributed by atoms with E-state index in [2.05, 4.69) is 80.5 Å². The highest BCUT2D eigenvalue weighted by molar-refractivity contribution is 6.09. The average Bonchev–Trinajstić information content (AvgIpc) is 3.06. The van der Waals surface area contributed by atoms with Gasteiger partial charge in [0.2, 0.25) is 0 Å². The van der Waals surface area contributed by atoms with Crippen LogP contribution in [0.5, 0.6) is 0 Å². The molecule has 0 spiro atoms. The van der Waals surface area contributed by atoms with Crippen LogP contribution in [0.2, 0.25) is 0 Å². The first-order valence-electron chi connectivity index (χ1n) is 9.98. The van der Waals surface area contributed by atoms with Gasteiger partial charge >= 0.3 is 0 Å². The third-order valence-electron chi connectivity index (χ3n) is 5.61. The molecule has 144 valence electrons. The van der Waals surface area contributed by atoms with Crippen LogP contribution in [0.25, 0.3) is 38.8 Å². The molecule has 0 N–H and O–H groups in total. The molecule has 4 nitrogen and oxygen atoms in total. The summed E-state index contributed by atoms with van der Waals surface area (Å²) in [6.07, 6.45) is 4.00. The summed E-state index contributed by atoms with van der Waals surface area (Å²) < 4.78 is 2.17. The number of aromatic nitrogens is 4. The number of imidazole rings is 1. The van der Waals surface area contributed by atoms with Gasteiger partial charge in [0.15, 0.2) is 5.65 Å². The van der Waals surface area contributed by atoms with E-state index < -0.39 is 0 Å². The lowest BCUT2D eigenvalue weighted by atomic mass is 9.93. The van der Waals surface area contributed by atoms with Gasteiger partial charge in [-0.1, -0.05) is 57.2 Å². The zero-order valence-electron chi connectivity index (χ0n) is 17.5. The van der Waals surface area contributed by atoms with E-state index in [0.717, 1.165) is 39.0 Å². The Hall–Kier alpha value is -3.27. The quantitative estimate of drug-likeness (QED) is 0.357. The summed E-state index contributed by atoms with van der Waals surface area (Å²) in [5, 5.41) is 1.07. The Labute approximate surface area is 170 Å². The van der Waals surface area contributed by atoms with Gasteiger partial charge in [0.1, 0.15) is 11.0 Å². The topological polar surface area (TPSA) is 43.1 Å². The Balaban J connectivity index is 2.02. The SMILES string of the molecule is Cc1cccc(C)c1-c1nc2ccccc2c2nc3cnc(C(C)(C)C)cn3c12. The van der Waals surface area contributed by atoms with Crippen molar-refractivity contribution in [1.29, 1.82) is 0 Å². The summed E-state index contributed by atoms with van der Waals surface area (Å²) in [7, 11) is 0. The highest BCUT2D eigenvalue weighted by Gasteiger charge is 2.21. The Kier molecular flexibility index (Phi) is 3.75. The van der Waals surface area contributed by atoms with Crippen molar-refractivity contribution in [2.45, 2.75) is 40.0 Å². The molecule has 0 radical (unpaired) electrons. The van der Waals surface area contributed by atoms with Crippen molar-refractivity contribution in [3.63, 3.8) is 0 Å². The van der Waals surface area contributed by atoms with Crippen LogP contribution in [0.15, 0.2) is 54.9 Å². The largest absolute Gasteiger partial charge is 0.294 e. The second-order valence-electron chi connectivity index (χ2n) is 8.80. The monoisotopic (exact) mass is 380 g/mol. The van der Waals surface area contributed by atoms with E-state index in [4.69, 9.17) is 9.97 Å². The summed E-state index contributed by atoms with van der Waals surface area (Å²) in [4.78, 5) is 14.8. The number of aryl methyl sites for hydroxylation is 2. The van der Waals surface area contributed by atoms with Gasteiger partial charge in [-0.15, -0.1) is 0 Å². The molecule has 2 aromatic carbocycles. The smallest absolute Gasteiger partial charge is 0.156 e. The molecule has 5 rings (SSSR count). The number of rotatable bonds is 1. The molecule has 3 heterocycles. The van der Waals surface area contributed by atoms with Crippen molar-refractivity contribution in [3.8, 4) is 11.3 Å². The maximum Gasteiger partial charge on any atom is 0.156 e. The molecule has 4 heteroatoms. The normalized spacial score (nSPS) is 12.3. The summed E-state index contributed by atoms with van der Waals surface area (Å²) in [5.74, 6) is 0. The number of fused-ring (bicyclic) bond motifs is 5. The number of nitrogens with zero attached hydrogens (tertiary/aromatic N) is 4. The van der Waals surface area contributed by atoms with E-state index in [1.165, 1.54) is 16.7 Å². The third-order valence-corrected chi connectivity index (χ3v) is 5.61. The van der Waals surface area contributed by atoms with Crippen LogP contribution >= 0.6 is 0 Å². The van der Waals surface area contributed by atoms with Gasteiger partial charge < -0.3 is 0 Å². The molecule has 0 atom stereocenters. The number of hydrogen-bond acceptors (Lipinski definition) is 3. The minimum atomic E-state index is -0.0478. The fourth-order valence-corrected chi connectivity index (χ4v) is 4.06. The number of para-hydroxylation sites is 1. The maximum absolute atomic E-state index is 5.13. The van der Waals surface area contributed by atoms with Crippen molar-refractivity contribution < 1.29 is 0 Å². The molecule has 0 bridgehead atoms. The predicted molar refractivity (Wildman–Crippen MR) is 119 cm³/mol. The molecule has 0 saturated carbocycles. The van der Waals surface area contributed by atoms with Gasteiger partial charge in [0.05, 0.1) is 23.1 Å². The Morgan fingerprint density at radius 3 is 2.31 bits per heavy atom. The second kappa shape index (κ2) is 6.11. The standard InChI is InChI=1S/C25H24N4/c1-15-9-8-10-16(2)21(15)23-24-22(17-11-6-7-12-18(17)27-23)28-20-13-26-19(14-29(20)24)25(3,4)5/h6-14H,1-5H3. The van der Waals surface area contributed by atoms with Crippen molar-refractivity contribution >= 4 is 27.6 Å². The minimum absolute atomic E-state index is 0.0478. The first-order chi connectivity index (χ1) is 13.8. The van der Waals surface area contributed by atoms with Crippen LogP contribution in [0.4, 0.5) is 0 Å². The zero-order chi connectivity index (χ0) is 20.3. The maximum atomic E-state index is 5.13. The lowest BCUT2D eigenvalue weighted by Crippen LogP contribution is -2.14. The zero-order valence-corrected chi connectivity index (χ0v) is 17.5. The molecule has 0 aliphatic rings. The van der Waals surface area contributed by atoms with Gasteiger partial charge in [-0.3, -0.25) is 9.38 Å². The molecular formula is C25H24N4. The van der Waals surface area contributed by atoms with Gasteiger partial charge in [-0.2, -0.15) is 0 Å². The fraction of sp³-hybridized carbons (Fsp3) is 0.240. The van der Waals surface area contributed by atoms with Crippen LogP contribution in [-0.2, 0) is 5.41 Å². The molecule has 5 aromatic rings. The minimum Gasteiger partial charge on any atom is -0.294 e. The lowest BCUT2D eigenvalue weighted by Gasteiger charge is -2.18. The summed E-state index contributed by atoms with van der Waals surface area (Å²) in [5.41, 5.74) is 9.40. The van der Waals surface area contributed by atoms with Crippen LogP contribution in [0.3, 0.4) is 0 Å². The number of hydrogen-bond donors (Lipinski definition) is 0. The number of benzene rings is 2. The van der Waals surface area contributed by atoms with Crippen LogP contribution < -0.4 is 0 Å². The summed E-state index contributed by atoms with van der Waals surface area (Å²) in [6, 6.07) is 14.6. The van der Waals surface area contributed by atoms with Gasteiger partial charge in [0.25, 0.3) is 0 Å². The second-order valence-corrected chi connectivity index (χ2v) is 8.80. The molecular weight excluding hydrogens is 356 g/mol. The van der Waals surface area contributed by atoms with Crippen LogP contribution in [-0.4, -0.2) is 19.4 Å². The predicted octanol–water partition coefficient (Wildman–Crippen LogP) is 6.01. The highest BCUT2D eigenvalue weighted by atomic mass is 15.0. The third kappa shape index (κ3) is 2.70. The number of pyridine rings is 1. The summed E-state index contributed by atoms with van der Waals surface area (Å²) in [6.45, 7) is 10.8. The molecule has 0 unspecified atom stereocenters. The van der Waals surface area contributed by atoms with Crippen LogP contribution in [0, 0.1) is 13.8 Å². The van der Waals surface area contributed by atoms with E-state index in [-0.39, 0.29) is 5.41 Å². The van der Waals surface area contributed by atoms with E-state index in [9.17, 15) is 0 Å². The molecule has 0 aliphatic heterocycles. The van der Waals surface area contributed by atoms with Gasteiger partial charge in [-0.25, -0.2) is 9.97 Å². The molecule has 29 heavy (non-hydrogen) atoms. The Morgan fingerprint density at radius 1 is 0.862 bits per heavy atom. The lowest BCUT2D eigenvalue weighted by molar-refractivity contribution is 0.565. The van der Waals surface area contributed by atoms with E-state index in [1.54, 1.807) is 0 Å². The summed E-state index contributed by atoms with van der Waals surface area (Å²) >= 11 is 0. The van der Waals surface area contributed by atoms with E-state index in [1.807, 2.05) is 18.3 Å². The van der Waals surface area contributed by atoms with Crippen molar-refractivity contribution in [2.75, 3.05) is 0 Å². The van der Waals surface area contributed by atoms with Crippen molar-refractivity contribution in [1.82, 2.24) is 19.4 Å². The van der Waals surface area contributed by atoms with Crippen molar-refractivity contribution in [3.05, 3.63) is 71.7 Å². The molecule has 0 aliphatic carbocycles. The average molecular weight is 380 g/mol. The van der Waals surface area contributed by atoms with Gasteiger partial charge in [0, 0.05) is 22.6 Å². The molecule has 0 fully saturated rings. The Bertz CT molecular complexity index is 1380. The molecule has 3 aromatic heterocycles. The first kappa shape index (κ1) is 17.8. The highest BCUT2D eigenvalue weighted by Crippen LogP contribution is 2.36. The van der Waals surface area contributed by atoms with Gasteiger partial charge in [-0.05, 0) is 31.0 Å². The van der Waals surface area contributed by atoms with E-state index in [0.29, 0.717) is 0 Å². The Morgan fingerprint density at radius 2 is 1.59 bits per heavy atom. The van der Waals surface area contributed by atoms with Crippen LogP contribution in [0.1, 0.15) is 37.6 Å².